The van der Waals surface area contributed by atoms with E-state index in [1.165, 1.54) is 0 Å². The Labute approximate surface area is 113 Å². The lowest BCUT2D eigenvalue weighted by molar-refractivity contribution is -0.141. The summed E-state index contributed by atoms with van der Waals surface area (Å²) in [4.78, 5) is 13.4. The first-order valence-corrected chi connectivity index (χ1v) is 6.11. The second kappa shape index (κ2) is 8.11. The van der Waals surface area contributed by atoms with Gasteiger partial charge in [-0.25, -0.2) is 0 Å². The minimum atomic E-state index is -0.275. The molecule has 0 atom stereocenters. The van der Waals surface area contributed by atoms with Crippen LogP contribution in [0.3, 0.4) is 0 Å². The summed E-state index contributed by atoms with van der Waals surface area (Å²) in [5.74, 6) is -0.275. The lowest BCUT2D eigenvalue weighted by Crippen LogP contribution is -2.33. The third kappa shape index (κ3) is 4.98. The molecular weight excluding hydrogens is 244 g/mol. The Kier molecular flexibility index (Phi) is 6.41. The monoisotopic (exact) mass is 262 g/mol. The molecule has 19 heavy (non-hydrogen) atoms. The van der Waals surface area contributed by atoms with Crippen LogP contribution in [0, 0.1) is 11.3 Å². The highest BCUT2D eigenvalue weighted by molar-refractivity contribution is 5.75. The van der Waals surface area contributed by atoms with Gasteiger partial charge >= 0.3 is 5.97 Å². The fraction of sp³-hybridized carbons (Fsp3) is 0.429. The summed E-state index contributed by atoms with van der Waals surface area (Å²) in [6.07, 6.45) is 0. The van der Waals surface area contributed by atoms with Gasteiger partial charge in [0.1, 0.15) is 6.54 Å². The van der Waals surface area contributed by atoms with Crippen LogP contribution in [0.2, 0.25) is 0 Å². The normalized spacial score (nSPS) is 9.74. The van der Waals surface area contributed by atoms with Gasteiger partial charge in [-0.05, 0) is 31.2 Å². The minimum absolute atomic E-state index is 0.170. The van der Waals surface area contributed by atoms with Crippen LogP contribution in [0.1, 0.15) is 12.5 Å². The number of hydrogen-bond acceptors (Lipinski definition) is 5. The molecule has 0 saturated carbocycles. The average Bonchev–Trinajstić information content (AvgIpc) is 2.44. The SMILES string of the molecule is CCOC(=O)CN(CCOC)c1ccc(C#N)cc1. The van der Waals surface area contributed by atoms with Crippen LogP contribution >= 0.6 is 0 Å². The van der Waals surface area contributed by atoms with E-state index in [4.69, 9.17) is 14.7 Å². The summed E-state index contributed by atoms with van der Waals surface area (Å²) in [6.45, 7) is 3.41. The predicted octanol–water partition coefficient (Wildman–Crippen LogP) is 1.57. The van der Waals surface area contributed by atoms with Gasteiger partial charge in [-0.15, -0.1) is 0 Å². The van der Waals surface area contributed by atoms with E-state index >= 15 is 0 Å². The van der Waals surface area contributed by atoms with Crippen molar-refractivity contribution in [3.8, 4) is 6.07 Å². The van der Waals surface area contributed by atoms with Gasteiger partial charge in [0.2, 0.25) is 0 Å². The van der Waals surface area contributed by atoms with Crippen molar-refractivity contribution in [2.45, 2.75) is 6.92 Å². The Bertz CT molecular complexity index is 437. The number of esters is 1. The largest absolute Gasteiger partial charge is 0.465 e. The first-order chi connectivity index (χ1) is 9.21. The van der Waals surface area contributed by atoms with E-state index < -0.39 is 0 Å². The zero-order valence-corrected chi connectivity index (χ0v) is 11.3. The minimum Gasteiger partial charge on any atom is -0.465 e. The van der Waals surface area contributed by atoms with Crippen molar-refractivity contribution in [1.29, 1.82) is 5.26 Å². The third-order valence-corrected chi connectivity index (χ3v) is 2.55. The molecule has 5 nitrogen and oxygen atoms in total. The van der Waals surface area contributed by atoms with Gasteiger partial charge in [-0.2, -0.15) is 5.26 Å². The number of nitrogens with zero attached hydrogens (tertiary/aromatic N) is 2. The number of methoxy groups -OCH3 is 1. The van der Waals surface area contributed by atoms with Crippen LogP contribution in [0.5, 0.6) is 0 Å². The standard InChI is InChI=1S/C14H18N2O3/c1-3-19-14(17)11-16(8-9-18-2)13-6-4-12(10-15)5-7-13/h4-7H,3,8-9,11H2,1-2H3. The predicted molar refractivity (Wildman–Crippen MR) is 71.9 cm³/mol. The van der Waals surface area contributed by atoms with Crippen LogP contribution in [0.15, 0.2) is 24.3 Å². The number of carbonyl (C=O) groups excluding carboxylic acids is 1. The van der Waals surface area contributed by atoms with Gasteiger partial charge < -0.3 is 14.4 Å². The van der Waals surface area contributed by atoms with Gasteiger partial charge in [-0.3, -0.25) is 4.79 Å². The third-order valence-electron chi connectivity index (χ3n) is 2.55. The molecular formula is C14H18N2O3. The summed E-state index contributed by atoms with van der Waals surface area (Å²) in [5, 5.41) is 8.77. The van der Waals surface area contributed by atoms with E-state index in [0.29, 0.717) is 25.3 Å². The highest BCUT2D eigenvalue weighted by atomic mass is 16.5. The Morgan fingerprint density at radius 1 is 1.37 bits per heavy atom. The van der Waals surface area contributed by atoms with Crippen molar-refractivity contribution < 1.29 is 14.3 Å². The molecule has 0 aliphatic rings. The van der Waals surface area contributed by atoms with Gasteiger partial charge in [-0.1, -0.05) is 0 Å². The molecule has 0 aliphatic carbocycles. The number of hydrogen-bond donors (Lipinski definition) is 0. The Balaban J connectivity index is 2.76. The summed E-state index contributed by atoms with van der Waals surface area (Å²) in [6, 6.07) is 9.13. The van der Waals surface area contributed by atoms with Gasteiger partial charge in [0.15, 0.2) is 0 Å². The molecule has 0 fully saturated rings. The van der Waals surface area contributed by atoms with Crippen LogP contribution in [0.4, 0.5) is 5.69 Å². The van der Waals surface area contributed by atoms with Crippen molar-refractivity contribution in [1.82, 2.24) is 0 Å². The summed E-state index contributed by atoms with van der Waals surface area (Å²) >= 11 is 0. The molecule has 0 aliphatic heterocycles. The smallest absolute Gasteiger partial charge is 0.325 e. The highest BCUT2D eigenvalue weighted by Crippen LogP contribution is 2.15. The van der Waals surface area contributed by atoms with Gasteiger partial charge in [0, 0.05) is 19.3 Å². The van der Waals surface area contributed by atoms with Crippen LogP contribution in [-0.2, 0) is 14.3 Å². The molecule has 0 heterocycles. The number of benzene rings is 1. The molecule has 0 aromatic heterocycles. The zero-order chi connectivity index (χ0) is 14.1. The van der Waals surface area contributed by atoms with E-state index in [1.54, 1.807) is 26.2 Å². The van der Waals surface area contributed by atoms with E-state index in [1.807, 2.05) is 17.0 Å². The van der Waals surface area contributed by atoms with Crippen molar-refractivity contribution >= 4 is 11.7 Å². The van der Waals surface area contributed by atoms with Crippen molar-refractivity contribution in [3.05, 3.63) is 29.8 Å². The van der Waals surface area contributed by atoms with E-state index in [2.05, 4.69) is 6.07 Å². The summed E-state index contributed by atoms with van der Waals surface area (Å²) < 4.78 is 9.98. The van der Waals surface area contributed by atoms with Crippen molar-refractivity contribution in [3.63, 3.8) is 0 Å². The Morgan fingerprint density at radius 2 is 2.05 bits per heavy atom. The number of anilines is 1. The fourth-order valence-corrected chi connectivity index (χ4v) is 1.61. The fourth-order valence-electron chi connectivity index (χ4n) is 1.61. The summed E-state index contributed by atoms with van der Waals surface area (Å²) in [7, 11) is 1.61. The van der Waals surface area contributed by atoms with E-state index in [0.717, 1.165) is 5.69 Å². The van der Waals surface area contributed by atoms with Crippen LogP contribution in [-0.4, -0.2) is 39.4 Å². The molecule has 0 bridgehead atoms. The number of ether oxygens (including phenoxy) is 2. The second-order valence-electron chi connectivity index (χ2n) is 3.88. The molecule has 1 aromatic rings. The van der Waals surface area contributed by atoms with Crippen molar-refractivity contribution in [2.24, 2.45) is 0 Å². The maximum atomic E-state index is 11.6. The summed E-state index contributed by atoms with van der Waals surface area (Å²) in [5.41, 5.74) is 1.45. The highest BCUT2D eigenvalue weighted by Gasteiger charge is 2.12. The molecule has 5 heteroatoms. The molecule has 0 N–H and O–H groups in total. The first kappa shape index (κ1) is 15.0. The number of rotatable bonds is 7. The zero-order valence-electron chi connectivity index (χ0n) is 11.3. The Hall–Kier alpha value is -2.06. The maximum absolute atomic E-state index is 11.6. The Morgan fingerprint density at radius 3 is 2.58 bits per heavy atom. The molecule has 1 aromatic carbocycles. The van der Waals surface area contributed by atoms with Crippen molar-refractivity contribution in [2.75, 3.05) is 38.3 Å². The molecule has 0 saturated heterocycles. The lowest BCUT2D eigenvalue weighted by atomic mass is 10.2. The topological polar surface area (TPSA) is 62.6 Å². The molecule has 102 valence electrons. The molecule has 0 spiro atoms. The lowest BCUT2D eigenvalue weighted by Gasteiger charge is -2.23. The second-order valence-corrected chi connectivity index (χ2v) is 3.88. The quantitative estimate of drug-likeness (QED) is 0.698. The first-order valence-electron chi connectivity index (χ1n) is 6.11. The van der Waals surface area contributed by atoms with E-state index in [-0.39, 0.29) is 12.5 Å². The van der Waals surface area contributed by atoms with Gasteiger partial charge in [0.05, 0.1) is 24.8 Å². The molecule has 0 radical (unpaired) electrons. The van der Waals surface area contributed by atoms with E-state index in [9.17, 15) is 4.79 Å². The number of carbonyl (C=O) groups is 1. The van der Waals surface area contributed by atoms with Crippen LogP contribution < -0.4 is 4.90 Å². The maximum Gasteiger partial charge on any atom is 0.325 e. The van der Waals surface area contributed by atoms with Gasteiger partial charge in [0.25, 0.3) is 0 Å². The van der Waals surface area contributed by atoms with Crippen LogP contribution in [0.25, 0.3) is 0 Å². The number of nitriles is 1. The molecule has 1 rings (SSSR count). The molecule has 0 unspecified atom stereocenters. The molecule has 0 amide bonds. The average molecular weight is 262 g/mol.